The number of benzene rings is 2. The molecule has 3 aromatic heterocycles. The second-order valence-corrected chi connectivity index (χ2v) is 11.2. The van der Waals surface area contributed by atoms with E-state index in [0.717, 1.165) is 16.0 Å². The summed E-state index contributed by atoms with van der Waals surface area (Å²) in [6.45, 7) is -0.313. The lowest BCUT2D eigenvalue weighted by Gasteiger charge is -2.19. The number of rotatable bonds is 6. The molecule has 2 aromatic carbocycles. The zero-order chi connectivity index (χ0) is 25.0. The van der Waals surface area contributed by atoms with Crippen LogP contribution in [0.4, 0.5) is 5.82 Å². The van der Waals surface area contributed by atoms with Crippen LogP contribution < -0.4 is 10.5 Å². The van der Waals surface area contributed by atoms with Gasteiger partial charge in [-0.1, -0.05) is 36.4 Å². The van der Waals surface area contributed by atoms with E-state index in [9.17, 15) is 18.6 Å². The van der Waals surface area contributed by atoms with E-state index in [4.69, 9.17) is 10.2 Å². The molecule has 5 N–H and O–H groups in total. The average Bonchev–Trinajstić information content (AvgIpc) is 3.53. The summed E-state index contributed by atoms with van der Waals surface area (Å²) in [7, 11) is -4.14. The Morgan fingerprint density at radius 2 is 1.92 bits per heavy atom. The number of nitrogens with two attached hydrogens (primary N) is 1. The number of aliphatic hydroxyl groups excluding tert-OH is 2. The van der Waals surface area contributed by atoms with Crippen molar-refractivity contribution >= 4 is 53.3 Å². The standard InChI is InChI=1S/C24H23N5O5S2/c25-36(32,33)34-12-13-10-18(23(31)22(13)30)27-20-8-9-26-21-11-17(28-29(20)21)16-6-3-5-15-14-4-1-2-7-19(14)35-24(15)16/h1-9,11,13,18,22-23,27,30-31H,10,12H2,(H2,25,32,33)/t13?,18-,22-,23+/m1/s1. The molecule has 1 fully saturated rings. The summed E-state index contributed by atoms with van der Waals surface area (Å²) in [6.07, 6.45) is -0.385. The number of fused-ring (bicyclic) bond motifs is 4. The first-order valence-electron chi connectivity index (χ1n) is 11.3. The molecule has 36 heavy (non-hydrogen) atoms. The molecule has 4 atom stereocenters. The summed E-state index contributed by atoms with van der Waals surface area (Å²) in [5, 5.41) is 36.3. The topological polar surface area (TPSA) is 152 Å². The SMILES string of the molecule is NS(=O)(=O)OCC1C[C@@H](Nc2ccnc3cc(-c4cccc5c4sc4ccccc45)nn23)[C@H](O)[C@@H]1O. The first-order chi connectivity index (χ1) is 17.3. The van der Waals surface area contributed by atoms with Gasteiger partial charge in [-0.05, 0) is 18.6 Å². The molecule has 1 aliphatic carbocycles. The Labute approximate surface area is 210 Å². The van der Waals surface area contributed by atoms with Gasteiger partial charge in [0.1, 0.15) is 11.9 Å². The van der Waals surface area contributed by atoms with Gasteiger partial charge in [0.05, 0.1) is 24.4 Å². The molecule has 1 aliphatic rings. The molecule has 6 rings (SSSR count). The van der Waals surface area contributed by atoms with Crippen LogP contribution in [-0.4, -0.2) is 58.1 Å². The molecule has 0 saturated heterocycles. The minimum Gasteiger partial charge on any atom is -0.390 e. The highest BCUT2D eigenvalue weighted by Crippen LogP contribution is 2.39. The third-order valence-corrected chi connectivity index (χ3v) is 8.30. The highest BCUT2D eigenvalue weighted by atomic mass is 32.2. The Morgan fingerprint density at radius 3 is 2.75 bits per heavy atom. The van der Waals surface area contributed by atoms with Crippen molar-refractivity contribution in [2.75, 3.05) is 11.9 Å². The Bertz CT molecular complexity index is 1700. The zero-order valence-corrected chi connectivity index (χ0v) is 20.5. The molecule has 0 spiro atoms. The smallest absolute Gasteiger partial charge is 0.333 e. The first-order valence-corrected chi connectivity index (χ1v) is 13.6. The van der Waals surface area contributed by atoms with Gasteiger partial charge in [-0.25, -0.2) is 10.1 Å². The average molecular weight is 526 g/mol. The molecule has 1 unspecified atom stereocenters. The molecular formula is C24H23N5O5S2. The van der Waals surface area contributed by atoms with Crippen molar-refractivity contribution in [2.24, 2.45) is 11.1 Å². The molecule has 0 aliphatic heterocycles. The van der Waals surface area contributed by atoms with Gasteiger partial charge < -0.3 is 15.5 Å². The van der Waals surface area contributed by atoms with Gasteiger partial charge >= 0.3 is 10.3 Å². The van der Waals surface area contributed by atoms with Crippen LogP contribution in [0.2, 0.25) is 0 Å². The summed E-state index contributed by atoms with van der Waals surface area (Å²) in [6, 6.07) is 17.6. The second-order valence-electron chi connectivity index (χ2n) is 8.92. The highest BCUT2D eigenvalue weighted by molar-refractivity contribution is 7.84. The van der Waals surface area contributed by atoms with Crippen LogP contribution in [0.1, 0.15) is 6.42 Å². The Morgan fingerprint density at radius 1 is 1.11 bits per heavy atom. The van der Waals surface area contributed by atoms with Crippen LogP contribution >= 0.6 is 11.3 Å². The summed E-state index contributed by atoms with van der Waals surface area (Å²) in [5.74, 6) is -0.0223. The summed E-state index contributed by atoms with van der Waals surface area (Å²) < 4.78 is 30.9. The molecule has 186 valence electrons. The number of nitrogens with zero attached hydrogens (tertiary/aromatic N) is 3. The van der Waals surface area contributed by atoms with Crippen molar-refractivity contribution in [2.45, 2.75) is 24.7 Å². The number of anilines is 1. The quantitative estimate of drug-likeness (QED) is 0.264. The Kier molecular flexibility index (Phi) is 5.67. The number of aliphatic hydroxyl groups is 2. The van der Waals surface area contributed by atoms with Gasteiger partial charge in [0.2, 0.25) is 0 Å². The first kappa shape index (κ1) is 23.3. The monoisotopic (exact) mass is 525 g/mol. The largest absolute Gasteiger partial charge is 0.390 e. The second kappa shape index (κ2) is 8.76. The van der Waals surface area contributed by atoms with Crippen molar-refractivity contribution in [1.29, 1.82) is 0 Å². The van der Waals surface area contributed by atoms with Crippen LogP contribution in [0.15, 0.2) is 60.8 Å². The molecule has 1 saturated carbocycles. The molecule has 0 bridgehead atoms. The molecule has 12 heteroatoms. The normalized spacial score (nSPS) is 22.6. The third-order valence-electron chi connectivity index (χ3n) is 6.62. The molecule has 10 nitrogen and oxygen atoms in total. The lowest BCUT2D eigenvalue weighted by molar-refractivity contribution is 0.00777. The highest BCUT2D eigenvalue weighted by Gasteiger charge is 2.42. The molecule has 0 amide bonds. The molecule has 5 aromatic rings. The Balaban J connectivity index is 1.33. The van der Waals surface area contributed by atoms with E-state index >= 15 is 0 Å². The van der Waals surface area contributed by atoms with E-state index in [-0.39, 0.29) is 13.0 Å². The van der Waals surface area contributed by atoms with Gasteiger partial charge in [-0.15, -0.1) is 11.3 Å². The fraction of sp³-hybridized carbons (Fsp3) is 0.250. The molecular weight excluding hydrogens is 502 g/mol. The summed E-state index contributed by atoms with van der Waals surface area (Å²) in [5.41, 5.74) is 2.39. The van der Waals surface area contributed by atoms with Gasteiger partial charge in [-0.3, -0.25) is 4.18 Å². The zero-order valence-electron chi connectivity index (χ0n) is 18.9. The van der Waals surface area contributed by atoms with Crippen LogP contribution in [0.25, 0.3) is 37.1 Å². The van der Waals surface area contributed by atoms with Crippen molar-refractivity contribution in [3.05, 3.63) is 60.8 Å². The minimum absolute atomic E-state index is 0.275. The number of thiophene rings is 1. The van der Waals surface area contributed by atoms with Crippen LogP contribution in [-0.2, 0) is 14.5 Å². The van der Waals surface area contributed by atoms with Gasteiger partial charge in [0.15, 0.2) is 5.65 Å². The maximum absolute atomic E-state index is 11.1. The van der Waals surface area contributed by atoms with Gasteiger partial charge in [-0.2, -0.15) is 18.0 Å². The minimum atomic E-state index is -4.14. The van der Waals surface area contributed by atoms with Crippen LogP contribution in [0, 0.1) is 5.92 Å². The number of hydrogen-bond donors (Lipinski definition) is 4. The van der Waals surface area contributed by atoms with E-state index in [1.807, 2.05) is 30.3 Å². The maximum Gasteiger partial charge on any atom is 0.333 e. The fourth-order valence-electron chi connectivity index (χ4n) is 4.89. The predicted molar refractivity (Wildman–Crippen MR) is 138 cm³/mol. The maximum atomic E-state index is 11.1. The number of nitrogens with one attached hydrogen (secondary N) is 1. The van der Waals surface area contributed by atoms with Crippen molar-refractivity contribution < 1.29 is 22.8 Å². The fourth-order valence-corrected chi connectivity index (χ4v) is 6.48. The summed E-state index contributed by atoms with van der Waals surface area (Å²) >= 11 is 1.72. The Hall–Kier alpha value is -3.13. The van der Waals surface area contributed by atoms with Crippen molar-refractivity contribution in [3.8, 4) is 11.3 Å². The summed E-state index contributed by atoms with van der Waals surface area (Å²) in [4.78, 5) is 4.44. The van der Waals surface area contributed by atoms with E-state index in [1.165, 1.54) is 15.5 Å². The lowest BCUT2D eigenvalue weighted by Crippen LogP contribution is -2.36. The van der Waals surface area contributed by atoms with Crippen LogP contribution in [0.5, 0.6) is 0 Å². The van der Waals surface area contributed by atoms with Crippen LogP contribution in [0.3, 0.4) is 0 Å². The van der Waals surface area contributed by atoms with E-state index in [0.29, 0.717) is 11.5 Å². The predicted octanol–water partition coefficient (Wildman–Crippen LogP) is 2.51. The third kappa shape index (κ3) is 4.11. The lowest BCUT2D eigenvalue weighted by atomic mass is 10.1. The van der Waals surface area contributed by atoms with E-state index in [2.05, 4.69) is 32.7 Å². The van der Waals surface area contributed by atoms with Crippen molar-refractivity contribution in [1.82, 2.24) is 14.6 Å². The van der Waals surface area contributed by atoms with Crippen molar-refractivity contribution in [3.63, 3.8) is 0 Å². The van der Waals surface area contributed by atoms with Gasteiger partial charge in [0.25, 0.3) is 0 Å². The number of aromatic nitrogens is 3. The molecule has 3 heterocycles. The van der Waals surface area contributed by atoms with Gasteiger partial charge in [0, 0.05) is 43.9 Å². The van der Waals surface area contributed by atoms with E-state index < -0.39 is 34.5 Å². The van der Waals surface area contributed by atoms with E-state index in [1.54, 1.807) is 28.1 Å². The number of hydrogen-bond acceptors (Lipinski definition) is 9. The molecule has 0 radical (unpaired) electrons.